The second kappa shape index (κ2) is 7.71. The number of aryl methyl sites for hydroxylation is 2. The van der Waals surface area contributed by atoms with Gasteiger partial charge in [-0.25, -0.2) is 17.9 Å². The van der Waals surface area contributed by atoms with Crippen LogP contribution < -0.4 is 10.0 Å². The predicted octanol–water partition coefficient (Wildman–Crippen LogP) is 3.00. The van der Waals surface area contributed by atoms with Gasteiger partial charge in [-0.2, -0.15) is 0 Å². The van der Waals surface area contributed by atoms with Gasteiger partial charge in [-0.3, -0.25) is 4.90 Å². The van der Waals surface area contributed by atoms with E-state index in [9.17, 15) is 13.2 Å². The molecule has 1 aliphatic heterocycles. The summed E-state index contributed by atoms with van der Waals surface area (Å²) in [5.41, 5.74) is 7.03. The Morgan fingerprint density at radius 1 is 0.967 bits per heavy atom. The first-order chi connectivity index (χ1) is 14.5. The average molecular weight is 426 g/mol. The fourth-order valence-electron chi connectivity index (χ4n) is 5.01. The van der Waals surface area contributed by atoms with Gasteiger partial charge < -0.3 is 5.32 Å². The molecule has 1 saturated heterocycles. The van der Waals surface area contributed by atoms with E-state index in [0.717, 1.165) is 56.3 Å². The number of carbonyl (C=O) groups excluding carboxylic acids is 1. The number of nitrogens with one attached hydrogen (secondary N) is 2. The van der Waals surface area contributed by atoms with Gasteiger partial charge in [0.2, 0.25) is 10.0 Å². The molecule has 158 valence electrons. The van der Waals surface area contributed by atoms with Crippen molar-refractivity contribution in [3.8, 4) is 0 Å². The normalized spacial score (nSPS) is 18.5. The first-order valence-electron chi connectivity index (χ1n) is 10.7. The third kappa shape index (κ3) is 3.72. The lowest BCUT2D eigenvalue weighted by molar-refractivity contribution is 0.175. The molecule has 5 rings (SSSR count). The van der Waals surface area contributed by atoms with Crippen LogP contribution in [0.4, 0.5) is 10.5 Å². The second-order valence-electron chi connectivity index (χ2n) is 8.64. The zero-order valence-electron chi connectivity index (χ0n) is 17.0. The highest BCUT2D eigenvalue weighted by atomic mass is 32.2. The van der Waals surface area contributed by atoms with E-state index in [1.54, 1.807) is 0 Å². The molecule has 0 spiro atoms. The molecule has 0 unspecified atom stereocenters. The second-order valence-corrected chi connectivity index (χ2v) is 10.6. The molecular formula is C23H27N3O3S. The summed E-state index contributed by atoms with van der Waals surface area (Å²) in [7, 11) is -3.70. The lowest BCUT2D eigenvalue weighted by Gasteiger charge is -2.38. The summed E-state index contributed by atoms with van der Waals surface area (Å²) in [4.78, 5) is 14.7. The van der Waals surface area contributed by atoms with E-state index in [2.05, 4.69) is 21.0 Å². The molecule has 0 atom stereocenters. The molecule has 0 bridgehead atoms. The van der Waals surface area contributed by atoms with Crippen molar-refractivity contribution in [3.63, 3.8) is 0 Å². The number of likely N-dealkylation sites (tertiary alicyclic amines) is 1. The van der Waals surface area contributed by atoms with Crippen molar-refractivity contribution in [2.45, 2.75) is 50.3 Å². The maximum atomic E-state index is 12.7. The van der Waals surface area contributed by atoms with E-state index in [1.807, 2.05) is 30.3 Å². The Morgan fingerprint density at radius 2 is 1.60 bits per heavy atom. The van der Waals surface area contributed by atoms with Crippen LogP contribution in [0.15, 0.2) is 36.4 Å². The van der Waals surface area contributed by atoms with Gasteiger partial charge in [0.1, 0.15) is 5.25 Å². The number of amides is 2. The number of rotatable bonds is 5. The molecule has 0 radical (unpaired) electrons. The number of hydrogen-bond donors (Lipinski definition) is 2. The van der Waals surface area contributed by atoms with Crippen molar-refractivity contribution in [1.82, 2.24) is 9.62 Å². The molecule has 30 heavy (non-hydrogen) atoms. The molecule has 0 saturated carbocycles. The van der Waals surface area contributed by atoms with Crippen molar-refractivity contribution in [2.24, 2.45) is 0 Å². The van der Waals surface area contributed by atoms with Crippen molar-refractivity contribution >= 4 is 21.7 Å². The molecule has 2 aromatic carbocycles. The number of benzene rings is 2. The topological polar surface area (TPSA) is 78.5 Å². The summed E-state index contributed by atoms with van der Waals surface area (Å²) >= 11 is 0. The summed E-state index contributed by atoms with van der Waals surface area (Å²) in [5, 5.41) is 2.35. The van der Waals surface area contributed by atoms with E-state index in [4.69, 9.17) is 0 Å². The molecule has 7 heteroatoms. The Labute approximate surface area is 177 Å². The van der Waals surface area contributed by atoms with Crippen molar-refractivity contribution in [1.29, 1.82) is 0 Å². The molecular weight excluding hydrogens is 398 g/mol. The van der Waals surface area contributed by atoms with Crippen molar-refractivity contribution < 1.29 is 13.2 Å². The Morgan fingerprint density at radius 3 is 2.23 bits per heavy atom. The van der Waals surface area contributed by atoms with Gasteiger partial charge in [0.15, 0.2) is 0 Å². The number of nitrogens with zero attached hydrogens (tertiary/aromatic N) is 1. The molecule has 2 N–H and O–H groups in total. The third-order valence-electron chi connectivity index (χ3n) is 6.56. The van der Waals surface area contributed by atoms with Crippen molar-refractivity contribution in [2.75, 3.05) is 18.4 Å². The standard InChI is InChI=1S/C23H27N3O3S/c27-23(24-22-20-10-4-8-17(20)12-18-9-5-11-21(18)22)25-30(28,29)19-14-26(15-19)13-16-6-2-1-3-7-16/h1-3,6-7,12,19H,4-5,8-11,13-15H2,(H2,24,25,27). The van der Waals surface area contributed by atoms with Gasteiger partial charge in [0.05, 0.1) is 0 Å². The van der Waals surface area contributed by atoms with Gasteiger partial charge >= 0.3 is 6.03 Å². The van der Waals surface area contributed by atoms with Crippen molar-refractivity contribution in [3.05, 3.63) is 64.2 Å². The van der Waals surface area contributed by atoms with E-state index in [0.29, 0.717) is 13.1 Å². The van der Waals surface area contributed by atoms with Gasteiger partial charge in [0.25, 0.3) is 0 Å². The Kier molecular flexibility index (Phi) is 5.03. The molecule has 2 aromatic rings. The van der Waals surface area contributed by atoms with Crippen LogP contribution in [0.3, 0.4) is 0 Å². The van der Waals surface area contributed by atoms with E-state index in [1.165, 1.54) is 22.3 Å². The highest BCUT2D eigenvalue weighted by Crippen LogP contribution is 2.38. The molecule has 6 nitrogen and oxygen atoms in total. The van der Waals surface area contributed by atoms with Crippen LogP contribution in [0.25, 0.3) is 0 Å². The average Bonchev–Trinajstić information content (AvgIpc) is 3.33. The van der Waals surface area contributed by atoms with Gasteiger partial charge in [0, 0.05) is 25.3 Å². The summed E-state index contributed by atoms with van der Waals surface area (Å²) in [6.45, 7) is 1.60. The van der Waals surface area contributed by atoms with Gasteiger partial charge in [-0.15, -0.1) is 0 Å². The van der Waals surface area contributed by atoms with Gasteiger partial charge in [-0.1, -0.05) is 36.4 Å². The molecule has 3 aliphatic rings. The Balaban J connectivity index is 1.22. The number of carbonyl (C=O) groups is 1. The summed E-state index contributed by atoms with van der Waals surface area (Å²) in [6, 6.07) is 11.6. The number of fused-ring (bicyclic) bond motifs is 2. The zero-order chi connectivity index (χ0) is 20.7. The molecule has 2 amide bonds. The van der Waals surface area contributed by atoms with Crippen LogP contribution in [0.1, 0.15) is 40.7 Å². The largest absolute Gasteiger partial charge is 0.332 e. The summed E-state index contributed by atoms with van der Waals surface area (Å²) in [5.74, 6) is 0. The van der Waals surface area contributed by atoms with Crippen LogP contribution in [0, 0.1) is 0 Å². The molecule has 2 aliphatic carbocycles. The number of urea groups is 1. The van der Waals surface area contributed by atoms with Crippen LogP contribution in [0.2, 0.25) is 0 Å². The SMILES string of the molecule is O=C(Nc1c2c(cc3c1CCC3)CCC2)NS(=O)(=O)C1CN(Cc2ccccc2)C1. The number of anilines is 1. The van der Waals surface area contributed by atoms with Crippen LogP contribution in [-0.4, -0.2) is 37.7 Å². The lowest BCUT2D eigenvalue weighted by atomic mass is 9.99. The minimum absolute atomic E-state index is 0.438. The highest BCUT2D eigenvalue weighted by Gasteiger charge is 2.38. The van der Waals surface area contributed by atoms with E-state index >= 15 is 0 Å². The first-order valence-corrected chi connectivity index (χ1v) is 12.3. The van der Waals surface area contributed by atoms with E-state index in [-0.39, 0.29) is 0 Å². The summed E-state index contributed by atoms with van der Waals surface area (Å²) < 4.78 is 27.6. The van der Waals surface area contributed by atoms with E-state index < -0.39 is 21.3 Å². The summed E-state index contributed by atoms with van der Waals surface area (Å²) in [6.07, 6.45) is 6.15. The molecule has 1 fully saturated rings. The fourth-order valence-corrected chi connectivity index (χ4v) is 6.30. The number of hydrogen-bond acceptors (Lipinski definition) is 4. The lowest BCUT2D eigenvalue weighted by Crippen LogP contribution is -2.58. The van der Waals surface area contributed by atoms with Crippen LogP contribution in [0.5, 0.6) is 0 Å². The highest BCUT2D eigenvalue weighted by molar-refractivity contribution is 7.90. The first kappa shape index (κ1) is 19.6. The molecule has 0 aromatic heterocycles. The quantitative estimate of drug-likeness (QED) is 0.772. The Bertz CT molecular complexity index is 1040. The number of sulfonamides is 1. The van der Waals surface area contributed by atoms with Crippen LogP contribution >= 0.6 is 0 Å². The minimum atomic E-state index is -3.70. The fraction of sp³-hybridized carbons (Fsp3) is 0.435. The zero-order valence-corrected chi connectivity index (χ0v) is 17.8. The Hall–Kier alpha value is -2.38. The predicted molar refractivity (Wildman–Crippen MR) is 117 cm³/mol. The minimum Gasteiger partial charge on any atom is -0.307 e. The third-order valence-corrected chi connectivity index (χ3v) is 8.20. The maximum absolute atomic E-state index is 12.7. The monoisotopic (exact) mass is 425 g/mol. The molecule has 1 heterocycles. The van der Waals surface area contributed by atoms with Crippen LogP contribution in [-0.2, 0) is 42.3 Å². The smallest absolute Gasteiger partial charge is 0.307 e. The maximum Gasteiger partial charge on any atom is 0.332 e. The van der Waals surface area contributed by atoms with Gasteiger partial charge in [-0.05, 0) is 66.3 Å².